The molecule has 0 atom stereocenters. The van der Waals surface area contributed by atoms with Gasteiger partial charge >= 0.3 is 5.97 Å². The second-order valence-electron chi connectivity index (χ2n) is 6.36. The fourth-order valence-corrected chi connectivity index (χ4v) is 3.28. The van der Waals surface area contributed by atoms with Crippen LogP contribution in [-0.2, 0) is 4.74 Å². The van der Waals surface area contributed by atoms with Crippen LogP contribution in [-0.4, -0.2) is 37.3 Å². The van der Waals surface area contributed by atoms with Crippen molar-refractivity contribution in [2.24, 2.45) is 5.92 Å². The van der Waals surface area contributed by atoms with Crippen LogP contribution in [0.5, 0.6) is 5.75 Å². The highest BCUT2D eigenvalue weighted by Gasteiger charge is 2.21. The summed E-state index contributed by atoms with van der Waals surface area (Å²) in [5.41, 5.74) is 8.33. The molecular weight excluding hydrogens is 318 g/mol. The molecule has 0 saturated carbocycles. The summed E-state index contributed by atoms with van der Waals surface area (Å²) in [6, 6.07) is 5.66. The highest BCUT2D eigenvalue weighted by molar-refractivity contribution is 6.07. The van der Waals surface area contributed by atoms with E-state index < -0.39 is 5.97 Å². The lowest BCUT2D eigenvalue weighted by Crippen LogP contribution is -2.30. The van der Waals surface area contributed by atoms with E-state index in [1.807, 2.05) is 18.2 Å². The summed E-state index contributed by atoms with van der Waals surface area (Å²) in [5, 5.41) is 4.04. The predicted octanol–water partition coefficient (Wildman–Crippen LogP) is 2.68. The van der Waals surface area contributed by atoms with E-state index >= 15 is 0 Å². The van der Waals surface area contributed by atoms with Gasteiger partial charge in [0.05, 0.1) is 35.5 Å². The Labute approximate surface area is 147 Å². The number of pyridine rings is 1. The molecular formula is C19H25N3O3. The maximum Gasteiger partial charge on any atom is 0.342 e. The molecule has 25 heavy (non-hydrogen) atoms. The smallest absolute Gasteiger partial charge is 0.342 e. The summed E-state index contributed by atoms with van der Waals surface area (Å²) in [4.78, 5) is 16.8. The fourth-order valence-electron chi connectivity index (χ4n) is 3.28. The van der Waals surface area contributed by atoms with Crippen molar-refractivity contribution < 1.29 is 14.3 Å². The van der Waals surface area contributed by atoms with Gasteiger partial charge in [-0.1, -0.05) is 6.07 Å². The van der Waals surface area contributed by atoms with Crippen LogP contribution in [0, 0.1) is 12.8 Å². The van der Waals surface area contributed by atoms with E-state index in [0.717, 1.165) is 31.4 Å². The van der Waals surface area contributed by atoms with Crippen LogP contribution in [0.25, 0.3) is 10.9 Å². The number of carbonyl (C=O) groups excluding carboxylic acids is 1. The van der Waals surface area contributed by atoms with Crippen molar-refractivity contribution in [1.82, 2.24) is 10.3 Å². The van der Waals surface area contributed by atoms with Gasteiger partial charge in [0.25, 0.3) is 0 Å². The van der Waals surface area contributed by atoms with Gasteiger partial charge in [-0.05, 0) is 57.8 Å². The van der Waals surface area contributed by atoms with Gasteiger partial charge in [0, 0.05) is 0 Å². The first kappa shape index (κ1) is 17.5. The van der Waals surface area contributed by atoms with Crippen molar-refractivity contribution in [3.8, 4) is 5.75 Å². The van der Waals surface area contributed by atoms with Crippen LogP contribution in [0.1, 0.15) is 35.8 Å². The maximum absolute atomic E-state index is 12.3. The number of nitrogens with two attached hydrogens (primary N) is 1. The first-order valence-corrected chi connectivity index (χ1v) is 8.81. The Morgan fingerprint density at radius 3 is 2.84 bits per heavy atom. The molecule has 1 aromatic carbocycles. The Hall–Kier alpha value is -2.34. The van der Waals surface area contributed by atoms with E-state index in [4.69, 9.17) is 15.2 Å². The summed E-state index contributed by atoms with van der Waals surface area (Å²) in [6.45, 7) is 6.53. The van der Waals surface area contributed by atoms with Crippen LogP contribution in [0.15, 0.2) is 18.2 Å². The molecule has 0 radical (unpaired) electrons. The van der Waals surface area contributed by atoms with Crippen molar-refractivity contribution in [2.75, 3.05) is 32.0 Å². The van der Waals surface area contributed by atoms with Crippen LogP contribution < -0.4 is 15.8 Å². The molecule has 1 saturated heterocycles. The molecule has 3 N–H and O–H groups in total. The molecule has 1 aromatic heterocycles. The molecule has 0 amide bonds. The zero-order valence-corrected chi connectivity index (χ0v) is 14.8. The number of nitrogens with one attached hydrogen (secondary N) is 1. The van der Waals surface area contributed by atoms with Crippen LogP contribution in [0.2, 0.25) is 0 Å². The third-order valence-corrected chi connectivity index (χ3v) is 4.61. The quantitative estimate of drug-likeness (QED) is 0.812. The SMILES string of the molecule is CCOC(=O)c1c(C)nc2cccc(OCC3CCNCC3)c2c1N. The molecule has 1 fully saturated rings. The predicted molar refractivity (Wildman–Crippen MR) is 97.9 cm³/mol. The molecule has 0 bridgehead atoms. The first-order chi connectivity index (χ1) is 12.1. The third-order valence-electron chi connectivity index (χ3n) is 4.61. The molecule has 0 unspecified atom stereocenters. The number of rotatable bonds is 5. The number of aryl methyl sites for hydroxylation is 1. The summed E-state index contributed by atoms with van der Waals surface area (Å²) in [6.07, 6.45) is 2.21. The minimum Gasteiger partial charge on any atom is -0.493 e. The van der Waals surface area contributed by atoms with Crippen LogP contribution in [0.3, 0.4) is 0 Å². The molecule has 2 heterocycles. The van der Waals surface area contributed by atoms with E-state index in [-0.39, 0.29) is 0 Å². The van der Waals surface area contributed by atoms with E-state index in [9.17, 15) is 4.79 Å². The van der Waals surface area contributed by atoms with Gasteiger partial charge < -0.3 is 20.5 Å². The Kier molecular flexibility index (Phi) is 5.38. The number of benzene rings is 1. The number of ether oxygens (including phenoxy) is 2. The third kappa shape index (κ3) is 3.69. The number of nitrogen functional groups attached to an aromatic ring is 1. The van der Waals surface area contributed by atoms with Crippen LogP contribution in [0.4, 0.5) is 5.69 Å². The molecule has 134 valence electrons. The zero-order valence-electron chi connectivity index (χ0n) is 14.8. The number of hydrogen-bond donors (Lipinski definition) is 2. The molecule has 6 heteroatoms. The topological polar surface area (TPSA) is 86.5 Å². The second-order valence-corrected chi connectivity index (χ2v) is 6.36. The Morgan fingerprint density at radius 1 is 1.36 bits per heavy atom. The fraction of sp³-hybridized carbons (Fsp3) is 0.474. The van der Waals surface area contributed by atoms with E-state index in [2.05, 4.69) is 10.3 Å². The summed E-state index contributed by atoms with van der Waals surface area (Å²) < 4.78 is 11.2. The van der Waals surface area contributed by atoms with E-state index in [1.165, 1.54) is 0 Å². The normalized spacial score (nSPS) is 15.3. The van der Waals surface area contributed by atoms with Crippen LogP contribution >= 0.6 is 0 Å². The van der Waals surface area contributed by atoms with Crippen molar-refractivity contribution in [2.45, 2.75) is 26.7 Å². The molecule has 1 aliphatic heterocycles. The largest absolute Gasteiger partial charge is 0.493 e. The Morgan fingerprint density at radius 2 is 2.12 bits per heavy atom. The van der Waals surface area contributed by atoms with Crippen molar-refractivity contribution in [3.05, 3.63) is 29.5 Å². The van der Waals surface area contributed by atoms with E-state index in [0.29, 0.717) is 47.2 Å². The highest BCUT2D eigenvalue weighted by Crippen LogP contribution is 2.34. The maximum atomic E-state index is 12.3. The molecule has 3 rings (SSSR count). The number of anilines is 1. The number of nitrogens with zero attached hydrogens (tertiary/aromatic N) is 1. The summed E-state index contributed by atoms with van der Waals surface area (Å²) in [5.74, 6) is 0.757. The average molecular weight is 343 g/mol. The minimum atomic E-state index is -0.444. The molecule has 2 aromatic rings. The lowest BCUT2D eigenvalue weighted by Gasteiger charge is -2.23. The lowest BCUT2D eigenvalue weighted by atomic mass is 9.99. The minimum absolute atomic E-state index is 0.295. The van der Waals surface area contributed by atoms with Crippen molar-refractivity contribution >= 4 is 22.6 Å². The number of esters is 1. The first-order valence-electron chi connectivity index (χ1n) is 8.81. The molecule has 0 spiro atoms. The Balaban J connectivity index is 1.95. The monoisotopic (exact) mass is 343 g/mol. The van der Waals surface area contributed by atoms with Gasteiger partial charge in [0.2, 0.25) is 0 Å². The average Bonchev–Trinajstić information content (AvgIpc) is 2.60. The van der Waals surface area contributed by atoms with Gasteiger partial charge in [-0.25, -0.2) is 4.79 Å². The summed E-state index contributed by atoms with van der Waals surface area (Å²) in [7, 11) is 0. The van der Waals surface area contributed by atoms with Crippen molar-refractivity contribution in [3.63, 3.8) is 0 Å². The number of aromatic nitrogens is 1. The number of piperidine rings is 1. The zero-order chi connectivity index (χ0) is 17.8. The molecule has 6 nitrogen and oxygen atoms in total. The molecule has 1 aliphatic rings. The number of carbonyl (C=O) groups is 1. The van der Waals surface area contributed by atoms with Gasteiger partial charge in [0.1, 0.15) is 11.3 Å². The van der Waals surface area contributed by atoms with Gasteiger partial charge in [-0.15, -0.1) is 0 Å². The Bertz CT molecular complexity index is 770. The van der Waals surface area contributed by atoms with Gasteiger partial charge in [-0.2, -0.15) is 0 Å². The standard InChI is InChI=1S/C19H25N3O3/c1-3-24-19(23)16-12(2)22-14-5-4-6-15(17(14)18(16)20)25-11-13-7-9-21-10-8-13/h4-6,13,21H,3,7-11H2,1-2H3,(H2,20,22). The van der Waals surface area contributed by atoms with E-state index in [1.54, 1.807) is 13.8 Å². The van der Waals surface area contributed by atoms with Gasteiger partial charge in [-0.3, -0.25) is 4.98 Å². The number of hydrogen-bond acceptors (Lipinski definition) is 6. The lowest BCUT2D eigenvalue weighted by molar-refractivity contribution is 0.0526. The van der Waals surface area contributed by atoms with Gasteiger partial charge in [0.15, 0.2) is 0 Å². The van der Waals surface area contributed by atoms with Crippen molar-refractivity contribution in [1.29, 1.82) is 0 Å². The highest BCUT2D eigenvalue weighted by atomic mass is 16.5. The summed E-state index contributed by atoms with van der Waals surface area (Å²) >= 11 is 0. The molecule has 0 aliphatic carbocycles. The number of fused-ring (bicyclic) bond motifs is 1. The second kappa shape index (κ2) is 7.70.